The van der Waals surface area contributed by atoms with Gasteiger partial charge in [-0.2, -0.15) is 0 Å². The Morgan fingerprint density at radius 2 is 2.11 bits per heavy atom. The van der Waals surface area contributed by atoms with Crippen LogP contribution in [0.25, 0.3) is 0 Å². The smallest absolute Gasteiger partial charge is 0.317 e. The van der Waals surface area contributed by atoms with Crippen LogP contribution in [-0.2, 0) is 14.8 Å². The Hall–Kier alpha value is -1.35. The predicted octanol–water partition coefficient (Wildman–Crippen LogP) is -0.829. The van der Waals surface area contributed by atoms with Crippen molar-refractivity contribution in [3.8, 4) is 0 Å². The number of carboxylic acid groups (broad SMARTS) is 1. The van der Waals surface area contributed by atoms with E-state index in [1.807, 2.05) is 0 Å². The fourth-order valence-electron chi connectivity index (χ4n) is 2.00. The minimum Gasteiger partial charge on any atom is -0.481 e. The largest absolute Gasteiger partial charge is 0.481 e. The molecule has 2 amide bonds. The molecule has 0 radical (unpaired) electrons. The zero-order chi connectivity index (χ0) is 14.7. The van der Waals surface area contributed by atoms with Gasteiger partial charge in [-0.05, 0) is 19.8 Å². The van der Waals surface area contributed by atoms with Crippen molar-refractivity contribution in [3.63, 3.8) is 0 Å². The Balaban J connectivity index is 2.51. The van der Waals surface area contributed by atoms with Crippen LogP contribution in [-0.4, -0.2) is 55.8 Å². The quantitative estimate of drug-likeness (QED) is 0.623. The highest BCUT2D eigenvalue weighted by Gasteiger charge is 2.39. The van der Waals surface area contributed by atoms with Crippen molar-refractivity contribution in [2.45, 2.75) is 19.8 Å². The summed E-state index contributed by atoms with van der Waals surface area (Å²) >= 11 is 0. The third-order valence-electron chi connectivity index (χ3n) is 3.16. The van der Waals surface area contributed by atoms with E-state index in [-0.39, 0.29) is 18.8 Å². The molecule has 0 bridgehead atoms. The molecule has 0 spiro atoms. The van der Waals surface area contributed by atoms with Crippen LogP contribution >= 0.6 is 0 Å². The summed E-state index contributed by atoms with van der Waals surface area (Å²) in [6, 6.07) is -0.462. The lowest BCUT2D eigenvalue weighted by molar-refractivity contribution is -0.150. The lowest BCUT2D eigenvalue weighted by Gasteiger charge is -2.37. The second kappa shape index (κ2) is 5.74. The third-order valence-corrected chi connectivity index (χ3v) is 3.94. The molecular weight excluding hydrogens is 274 g/mol. The van der Waals surface area contributed by atoms with Crippen LogP contribution in [0.4, 0.5) is 4.79 Å². The lowest BCUT2D eigenvalue weighted by Crippen LogP contribution is -2.52. The molecule has 0 aromatic carbocycles. The maximum Gasteiger partial charge on any atom is 0.317 e. The second-order valence-corrected chi connectivity index (χ2v) is 6.72. The molecule has 4 N–H and O–H groups in total. The minimum atomic E-state index is -3.61. The van der Waals surface area contributed by atoms with E-state index in [2.05, 4.69) is 5.32 Å². The fourth-order valence-corrected chi connectivity index (χ4v) is 2.39. The van der Waals surface area contributed by atoms with Crippen LogP contribution in [0.1, 0.15) is 19.8 Å². The first-order valence-electron chi connectivity index (χ1n) is 5.91. The minimum absolute atomic E-state index is 0.0854. The lowest BCUT2D eigenvalue weighted by atomic mass is 9.82. The van der Waals surface area contributed by atoms with Gasteiger partial charge in [0.2, 0.25) is 10.0 Å². The van der Waals surface area contributed by atoms with Gasteiger partial charge in [0.1, 0.15) is 0 Å². The zero-order valence-corrected chi connectivity index (χ0v) is 11.6. The van der Waals surface area contributed by atoms with E-state index in [0.717, 1.165) is 0 Å². The molecule has 19 heavy (non-hydrogen) atoms. The number of carbonyl (C=O) groups is 2. The number of primary sulfonamides is 1. The average Bonchev–Trinajstić information content (AvgIpc) is 2.27. The van der Waals surface area contributed by atoms with Crippen LogP contribution in [0.2, 0.25) is 0 Å². The molecule has 1 fully saturated rings. The molecular formula is C10H19N3O5S. The van der Waals surface area contributed by atoms with Crippen LogP contribution in [0.5, 0.6) is 0 Å². The number of aliphatic carboxylic acids is 1. The highest BCUT2D eigenvalue weighted by atomic mass is 32.2. The first-order chi connectivity index (χ1) is 8.64. The van der Waals surface area contributed by atoms with Crippen LogP contribution in [0, 0.1) is 5.41 Å². The number of piperidine rings is 1. The molecule has 1 saturated heterocycles. The number of nitrogens with one attached hydrogen (secondary N) is 1. The summed E-state index contributed by atoms with van der Waals surface area (Å²) in [5.41, 5.74) is -0.949. The predicted molar refractivity (Wildman–Crippen MR) is 67.9 cm³/mol. The Morgan fingerprint density at radius 1 is 1.47 bits per heavy atom. The molecule has 0 aliphatic carbocycles. The van der Waals surface area contributed by atoms with Gasteiger partial charge >= 0.3 is 12.0 Å². The molecule has 1 heterocycles. The van der Waals surface area contributed by atoms with Crippen molar-refractivity contribution in [1.29, 1.82) is 0 Å². The van der Waals surface area contributed by atoms with Gasteiger partial charge in [-0.25, -0.2) is 18.4 Å². The summed E-state index contributed by atoms with van der Waals surface area (Å²) in [6.07, 6.45) is 1.12. The molecule has 9 heteroatoms. The molecule has 1 rings (SSSR count). The van der Waals surface area contributed by atoms with Gasteiger partial charge < -0.3 is 15.3 Å². The van der Waals surface area contributed by atoms with Crippen molar-refractivity contribution in [2.24, 2.45) is 10.6 Å². The van der Waals surface area contributed by atoms with Crippen molar-refractivity contribution in [2.75, 3.05) is 25.4 Å². The van der Waals surface area contributed by atoms with E-state index in [1.165, 1.54) is 4.90 Å². The van der Waals surface area contributed by atoms with Gasteiger partial charge in [0.25, 0.3) is 0 Å². The van der Waals surface area contributed by atoms with Gasteiger partial charge in [0, 0.05) is 19.6 Å². The molecule has 1 aliphatic rings. The van der Waals surface area contributed by atoms with E-state index in [9.17, 15) is 18.0 Å². The molecule has 1 atom stereocenters. The average molecular weight is 293 g/mol. The normalized spacial score (nSPS) is 24.0. The third kappa shape index (κ3) is 4.67. The maximum absolute atomic E-state index is 11.8. The SMILES string of the molecule is CC1(C(=O)O)CCCN(C(=O)NCCS(N)(=O)=O)C1. The van der Waals surface area contributed by atoms with E-state index in [1.54, 1.807) is 6.92 Å². The number of rotatable bonds is 4. The van der Waals surface area contributed by atoms with Crippen molar-refractivity contribution >= 4 is 22.0 Å². The number of carbonyl (C=O) groups excluding carboxylic acids is 1. The number of likely N-dealkylation sites (tertiary alicyclic amines) is 1. The highest BCUT2D eigenvalue weighted by Crippen LogP contribution is 2.29. The number of nitrogens with two attached hydrogens (primary N) is 1. The van der Waals surface area contributed by atoms with Gasteiger partial charge in [-0.15, -0.1) is 0 Å². The second-order valence-electron chi connectivity index (χ2n) is 4.99. The Bertz CT molecular complexity index is 464. The van der Waals surface area contributed by atoms with Crippen LogP contribution in [0.15, 0.2) is 0 Å². The van der Waals surface area contributed by atoms with Crippen molar-refractivity contribution in [1.82, 2.24) is 10.2 Å². The molecule has 110 valence electrons. The topological polar surface area (TPSA) is 130 Å². The summed E-state index contributed by atoms with van der Waals surface area (Å²) < 4.78 is 21.4. The number of hydrogen-bond acceptors (Lipinski definition) is 4. The number of hydrogen-bond donors (Lipinski definition) is 3. The van der Waals surface area contributed by atoms with Crippen molar-refractivity contribution < 1.29 is 23.1 Å². The van der Waals surface area contributed by atoms with Gasteiger partial charge in [0.15, 0.2) is 0 Å². The molecule has 8 nitrogen and oxygen atoms in total. The van der Waals surface area contributed by atoms with E-state index in [0.29, 0.717) is 19.4 Å². The summed E-state index contributed by atoms with van der Waals surface area (Å²) in [6.45, 7) is 2.09. The Labute approximate surface area is 112 Å². The molecule has 1 unspecified atom stereocenters. The molecule has 0 aromatic rings. The standard InChI is InChI=1S/C10H19N3O5S/c1-10(8(14)15)3-2-5-13(7-10)9(16)12-4-6-19(11,17)18/h2-7H2,1H3,(H,12,16)(H,14,15)(H2,11,17,18). The summed E-state index contributed by atoms with van der Waals surface area (Å²) in [5, 5.41) is 16.4. The van der Waals surface area contributed by atoms with Gasteiger partial charge in [0.05, 0.1) is 11.2 Å². The first kappa shape index (κ1) is 15.7. The molecule has 0 saturated carbocycles. The van der Waals surface area contributed by atoms with Crippen molar-refractivity contribution in [3.05, 3.63) is 0 Å². The van der Waals surface area contributed by atoms with E-state index in [4.69, 9.17) is 10.2 Å². The number of nitrogens with zero attached hydrogens (tertiary/aromatic N) is 1. The Kier molecular flexibility index (Phi) is 4.75. The molecule has 1 aliphatic heterocycles. The monoisotopic (exact) mass is 293 g/mol. The first-order valence-corrected chi connectivity index (χ1v) is 7.62. The summed E-state index contributed by atoms with van der Waals surface area (Å²) in [5.74, 6) is -1.28. The number of sulfonamides is 1. The Morgan fingerprint density at radius 3 is 2.63 bits per heavy atom. The van der Waals surface area contributed by atoms with Crippen LogP contribution < -0.4 is 10.5 Å². The van der Waals surface area contributed by atoms with Gasteiger partial charge in [-0.1, -0.05) is 0 Å². The maximum atomic E-state index is 11.8. The number of urea groups is 1. The number of carboxylic acids is 1. The van der Waals surface area contributed by atoms with Gasteiger partial charge in [-0.3, -0.25) is 4.79 Å². The highest BCUT2D eigenvalue weighted by molar-refractivity contribution is 7.89. The fraction of sp³-hybridized carbons (Fsp3) is 0.800. The number of amides is 2. The summed E-state index contributed by atoms with van der Waals surface area (Å²) in [7, 11) is -3.61. The molecule has 0 aromatic heterocycles. The summed E-state index contributed by atoms with van der Waals surface area (Å²) in [4.78, 5) is 24.3. The zero-order valence-electron chi connectivity index (χ0n) is 10.8. The van der Waals surface area contributed by atoms with Crippen LogP contribution in [0.3, 0.4) is 0 Å². The van der Waals surface area contributed by atoms with E-state index < -0.39 is 27.4 Å². The van der Waals surface area contributed by atoms with E-state index >= 15 is 0 Å².